The monoisotopic (exact) mass is 292 g/mol. The maximum Gasteiger partial charge on any atom is 0.428 e. The summed E-state index contributed by atoms with van der Waals surface area (Å²) in [7, 11) is 1.32. The fourth-order valence-electron chi connectivity index (χ4n) is 1.39. The third kappa shape index (κ3) is 5.66. The average Bonchev–Trinajstić information content (AvgIpc) is 2.42. The zero-order valence-electron chi connectivity index (χ0n) is 12.6. The second kappa shape index (κ2) is 6.90. The van der Waals surface area contributed by atoms with E-state index in [1.165, 1.54) is 13.3 Å². The molecule has 0 bridgehead atoms. The first-order valence-electron chi connectivity index (χ1n) is 6.36. The minimum Gasteiger partial charge on any atom is -0.465 e. The number of ether oxygens (including phenoxy) is 2. The Kier molecular flexibility index (Phi) is 5.49. The molecule has 0 aliphatic rings. The van der Waals surface area contributed by atoms with Crippen LogP contribution in [0.2, 0.25) is 0 Å². The molecule has 0 aliphatic carbocycles. The minimum atomic E-state index is -0.648. The Balaban J connectivity index is 2.68. The number of benzene rings is 1. The van der Waals surface area contributed by atoms with Gasteiger partial charge in [0.1, 0.15) is 5.60 Å². The minimum absolute atomic E-state index is 0.403. The smallest absolute Gasteiger partial charge is 0.428 e. The first kappa shape index (κ1) is 16.7. The molecule has 114 valence electrons. The lowest BCUT2D eigenvalue weighted by molar-refractivity contribution is 0.0335. The Morgan fingerprint density at radius 3 is 2.24 bits per heavy atom. The molecule has 0 saturated heterocycles. The van der Waals surface area contributed by atoms with Crippen LogP contribution in [-0.4, -0.2) is 29.8 Å². The molecule has 0 aromatic heterocycles. The molecular formula is C15H20N2O4. The number of hydrogen-bond acceptors (Lipinski definition) is 5. The molecule has 0 fully saturated rings. The van der Waals surface area contributed by atoms with Crippen LogP contribution in [0.3, 0.4) is 0 Å². The Bertz CT molecular complexity index is 530. The summed E-state index contributed by atoms with van der Waals surface area (Å²) in [6.45, 7) is 5.27. The summed E-state index contributed by atoms with van der Waals surface area (Å²) in [5.74, 6) is 5.17. The zero-order chi connectivity index (χ0) is 16.0. The van der Waals surface area contributed by atoms with E-state index in [1.54, 1.807) is 51.1 Å². The number of amides is 1. The summed E-state index contributed by atoms with van der Waals surface area (Å²) in [6.07, 6.45) is 2.37. The van der Waals surface area contributed by atoms with Crippen molar-refractivity contribution in [3.63, 3.8) is 0 Å². The predicted molar refractivity (Wildman–Crippen MR) is 79.1 cm³/mol. The quantitative estimate of drug-likeness (QED) is 0.401. The first-order chi connectivity index (χ1) is 9.73. The molecule has 6 nitrogen and oxygen atoms in total. The fourth-order valence-corrected chi connectivity index (χ4v) is 1.39. The van der Waals surface area contributed by atoms with E-state index in [-0.39, 0.29) is 0 Å². The highest BCUT2D eigenvalue weighted by molar-refractivity contribution is 5.89. The lowest BCUT2D eigenvalue weighted by atomic mass is 10.1. The molecule has 0 unspecified atom stereocenters. The van der Waals surface area contributed by atoms with Gasteiger partial charge in [-0.3, -0.25) is 0 Å². The van der Waals surface area contributed by atoms with Crippen molar-refractivity contribution in [2.45, 2.75) is 26.4 Å². The molecule has 1 aromatic carbocycles. The van der Waals surface area contributed by atoms with Crippen LogP contribution in [0.5, 0.6) is 0 Å². The fraction of sp³-hybridized carbons (Fsp3) is 0.333. The maximum atomic E-state index is 11.6. The number of carbonyl (C=O) groups is 2. The predicted octanol–water partition coefficient (Wildman–Crippen LogP) is 2.55. The van der Waals surface area contributed by atoms with E-state index in [4.69, 9.17) is 10.6 Å². The van der Waals surface area contributed by atoms with Gasteiger partial charge in [-0.1, -0.05) is 12.1 Å². The number of carbonyl (C=O) groups excluding carboxylic acids is 2. The van der Waals surface area contributed by atoms with Crippen LogP contribution in [-0.2, 0) is 9.47 Å². The van der Waals surface area contributed by atoms with Gasteiger partial charge < -0.3 is 9.47 Å². The maximum absolute atomic E-state index is 11.6. The first-order valence-corrected chi connectivity index (χ1v) is 6.36. The average molecular weight is 292 g/mol. The molecule has 0 saturated carbocycles. The highest BCUT2D eigenvalue weighted by Crippen LogP contribution is 2.10. The summed E-state index contributed by atoms with van der Waals surface area (Å²) in [6, 6.07) is 6.68. The van der Waals surface area contributed by atoms with Crippen molar-refractivity contribution in [1.82, 2.24) is 5.01 Å². The third-order valence-corrected chi connectivity index (χ3v) is 2.36. The summed E-state index contributed by atoms with van der Waals surface area (Å²) in [4.78, 5) is 22.9. The van der Waals surface area contributed by atoms with Crippen LogP contribution in [0.15, 0.2) is 30.5 Å². The molecule has 0 aliphatic heterocycles. The number of nitrogens with zero attached hydrogens (tertiary/aromatic N) is 1. The van der Waals surface area contributed by atoms with Gasteiger partial charge in [0.25, 0.3) is 0 Å². The van der Waals surface area contributed by atoms with Crippen molar-refractivity contribution in [2.75, 3.05) is 7.11 Å². The Morgan fingerprint density at radius 1 is 1.19 bits per heavy atom. The number of methoxy groups -OCH3 is 1. The van der Waals surface area contributed by atoms with Crippen LogP contribution in [0.4, 0.5) is 4.79 Å². The third-order valence-electron chi connectivity index (χ3n) is 2.36. The van der Waals surface area contributed by atoms with Gasteiger partial charge in [-0.15, -0.1) is 0 Å². The van der Waals surface area contributed by atoms with Crippen molar-refractivity contribution >= 4 is 18.1 Å². The van der Waals surface area contributed by atoms with Gasteiger partial charge >= 0.3 is 12.1 Å². The summed E-state index contributed by atoms with van der Waals surface area (Å²) in [5.41, 5.74) is 0.623. The highest BCUT2D eigenvalue weighted by atomic mass is 16.6. The van der Waals surface area contributed by atoms with Gasteiger partial charge in [-0.2, -0.15) is 0 Å². The van der Waals surface area contributed by atoms with Crippen LogP contribution in [0.1, 0.15) is 36.7 Å². The molecule has 0 radical (unpaired) electrons. The van der Waals surface area contributed by atoms with E-state index < -0.39 is 17.7 Å². The number of rotatable bonds is 3. The van der Waals surface area contributed by atoms with Crippen LogP contribution in [0.25, 0.3) is 6.08 Å². The molecule has 1 rings (SSSR count). The molecule has 2 N–H and O–H groups in total. The van der Waals surface area contributed by atoms with Crippen LogP contribution >= 0.6 is 0 Å². The Hall–Kier alpha value is -2.34. The van der Waals surface area contributed by atoms with E-state index in [9.17, 15) is 9.59 Å². The van der Waals surface area contributed by atoms with E-state index in [2.05, 4.69) is 4.74 Å². The summed E-state index contributed by atoms with van der Waals surface area (Å²) >= 11 is 0. The topological polar surface area (TPSA) is 81.9 Å². The van der Waals surface area contributed by atoms with Crippen molar-refractivity contribution in [3.05, 3.63) is 41.6 Å². The van der Waals surface area contributed by atoms with Crippen molar-refractivity contribution < 1.29 is 19.1 Å². The van der Waals surface area contributed by atoms with Gasteiger partial charge in [-0.25, -0.2) is 20.4 Å². The van der Waals surface area contributed by atoms with E-state index in [1.807, 2.05) is 0 Å². The Labute approximate surface area is 124 Å². The van der Waals surface area contributed by atoms with Gasteiger partial charge in [0.05, 0.1) is 12.7 Å². The Morgan fingerprint density at radius 2 is 1.76 bits per heavy atom. The number of esters is 1. The summed E-state index contributed by atoms with van der Waals surface area (Å²) < 4.78 is 9.71. The number of nitrogens with two attached hydrogens (primary N) is 1. The van der Waals surface area contributed by atoms with Gasteiger partial charge in [0.15, 0.2) is 0 Å². The van der Waals surface area contributed by atoms with Crippen molar-refractivity contribution in [1.29, 1.82) is 0 Å². The highest BCUT2D eigenvalue weighted by Gasteiger charge is 2.18. The molecular weight excluding hydrogens is 272 g/mol. The lowest BCUT2D eigenvalue weighted by Crippen LogP contribution is -2.37. The van der Waals surface area contributed by atoms with Gasteiger partial charge in [0, 0.05) is 6.20 Å². The standard InChI is InChI=1S/C15H20N2O4/c1-15(2,3)21-14(19)17(16)10-9-11-5-7-12(8-6-11)13(18)20-4/h5-10H,16H2,1-4H3/b10-9+. The lowest BCUT2D eigenvalue weighted by Gasteiger charge is -2.22. The normalized spacial score (nSPS) is 11.3. The van der Waals surface area contributed by atoms with E-state index in [0.29, 0.717) is 5.56 Å². The van der Waals surface area contributed by atoms with Crippen molar-refractivity contribution in [2.24, 2.45) is 5.84 Å². The SMILES string of the molecule is COC(=O)c1ccc(/C=C/N(N)C(=O)OC(C)(C)C)cc1. The van der Waals surface area contributed by atoms with Crippen LogP contribution in [0, 0.1) is 0 Å². The second-order valence-electron chi connectivity index (χ2n) is 5.32. The van der Waals surface area contributed by atoms with Gasteiger partial charge in [-0.05, 0) is 44.5 Å². The second-order valence-corrected chi connectivity index (χ2v) is 5.32. The van der Waals surface area contributed by atoms with E-state index in [0.717, 1.165) is 10.6 Å². The number of hydrogen-bond donors (Lipinski definition) is 1. The molecule has 6 heteroatoms. The molecule has 1 aromatic rings. The zero-order valence-corrected chi connectivity index (χ0v) is 12.6. The number of hydrazine groups is 1. The molecule has 0 spiro atoms. The molecule has 0 atom stereocenters. The molecule has 21 heavy (non-hydrogen) atoms. The van der Waals surface area contributed by atoms with E-state index >= 15 is 0 Å². The van der Waals surface area contributed by atoms with Crippen molar-refractivity contribution in [3.8, 4) is 0 Å². The summed E-state index contributed by atoms with van der Waals surface area (Å²) in [5, 5.41) is 0.861. The van der Waals surface area contributed by atoms with Gasteiger partial charge in [0.2, 0.25) is 0 Å². The molecule has 0 heterocycles. The largest absolute Gasteiger partial charge is 0.465 e. The van der Waals surface area contributed by atoms with Crippen LogP contribution < -0.4 is 5.84 Å². The molecule has 1 amide bonds.